The van der Waals surface area contributed by atoms with Gasteiger partial charge in [-0.25, -0.2) is 0 Å². The van der Waals surface area contributed by atoms with Crippen LogP contribution in [-0.2, 0) is 4.74 Å². The zero-order valence-corrected chi connectivity index (χ0v) is 19.4. The molecule has 30 heavy (non-hydrogen) atoms. The van der Waals surface area contributed by atoms with E-state index >= 15 is 0 Å². The van der Waals surface area contributed by atoms with E-state index in [9.17, 15) is 8.78 Å². The summed E-state index contributed by atoms with van der Waals surface area (Å²) in [4.78, 5) is 0. The van der Waals surface area contributed by atoms with Crippen LogP contribution in [0.2, 0.25) is 0 Å². The molecule has 1 saturated heterocycles. The summed E-state index contributed by atoms with van der Waals surface area (Å²) in [6.45, 7) is 6.16. The summed E-state index contributed by atoms with van der Waals surface area (Å²) in [7, 11) is 0. The van der Waals surface area contributed by atoms with E-state index in [2.05, 4.69) is 13.5 Å². The average molecular weight is 425 g/mol. The van der Waals surface area contributed by atoms with Crippen LogP contribution in [0.3, 0.4) is 0 Å². The molecule has 2 saturated carbocycles. The molecule has 2 aliphatic carbocycles. The van der Waals surface area contributed by atoms with Crippen molar-refractivity contribution in [3.63, 3.8) is 0 Å². The Labute approximate surface area is 184 Å². The number of allylic oxidation sites excluding steroid dienone is 1. The Morgan fingerprint density at radius 1 is 0.800 bits per heavy atom. The minimum absolute atomic E-state index is 0.144. The molecular formula is C27H46F2O. The number of ether oxygens (including phenoxy) is 1. The van der Waals surface area contributed by atoms with Crippen molar-refractivity contribution in [2.24, 2.45) is 29.6 Å². The first-order valence-corrected chi connectivity index (χ1v) is 13.2. The lowest BCUT2D eigenvalue weighted by Crippen LogP contribution is -2.61. The van der Waals surface area contributed by atoms with Gasteiger partial charge in [0.2, 0.25) is 0 Å². The van der Waals surface area contributed by atoms with E-state index in [1.165, 1.54) is 70.6 Å². The van der Waals surface area contributed by atoms with Crippen molar-refractivity contribution in [2.45, 2.75) is 128 Å². The summed E-state index contributed by atoms with van der Waals surface area (Å²) in [5, 5.41) is 0. The molecule has 1 nitrogen and oxygen atoms in total. The molecule has 3 aliphatic rings. The fourth-order valence-electron chi connectivity index (χ4n) is 6.50. The fourth-order valence-corrected chi connectivity index (χ4v) is 6.50. The maximum Gasteiger partial charge on any atom is 0.361 e. The van der Waals surface area contributed by atoms with Crippen LogP contribution in [-0.4, -0.2) is 12.2 Å². The van der Waals surface area contributed by atoms with Crippen LogP contribution in [0.25, 0.3) is 0 Å². The minimum Gasteiger partial charge on any atom is -0.316 e. The van der Waals surface area contributed by atoms with Gasteiger partial charge in [-0.05, 0) is 62.2 Å². The van der Waals surface area contributed by atoms with E-state index in [4.69, 9.17) is 4.74 Å². The number of hydrogen-bond acceptors (Lipinski definition) is 1. The van der Waals surface area contributed by atoms with Crippen molar-refractivity contribution in [2.75, 3.05) is 0 Å². The Hall–Kier alpha value is -0.440. The third-order valence-electron chi connectivity index (χ3n) is 8.51. The number of unbranched alkanes of at least 4 members (excludes halogenated alkanes) is 7. The zero-order chi connectivity index (χ0) is 21.4. The molecule has 3 fully saturated rings. The number of halogens is 2. The van der Waals surface area contributed by atoms with E-state index in [0.717, 1.165) is 44.4 Å². The number of hydrogen-bond donors (Lipinski definition) is 0. The number of alkyl halides is 2. The van der Waals surface area contributed by atoms with Crippen LogP contribution in [0.5, 0.6) is 0 Å². The predicted molar refractivity (Wildman–Crippen MR) is 122 cm³/mol. The second kappa shape index (κ2) is 12.0. The third kappa shape index (κ3) is 6.53. The molecule has 0 aromatic heterocycles. The highest BCUT2D eigenvalue weighted by molar-refractivity contribution is 4.99. The van der Waals surface area contributed by atoms with Gasteiger partial charge in [-0.2, -0.15) is 8.78 Å². The van der Waals surface area contributed by atoms with Gasteiger partial charge in [-0.15, -0.1) is 6.58 Å². The van der Waals surface area contributed by atoms with Gasteiger partial charge in [0.1, 0.15) is 0 Å². The van der Waals surface area contributed by atoms with Crippen molar-refractivity contribution in [3.05, 3.63) is 12.7 Å². The van der Waals surface area contributed by atoms with Gasteiger partial charge in [0.05, 0.1) is 12.0 Å². The highest BCUT2D eigenvalue weighted by Gasteiger charge is 2.62. The molecule has 0 spiro atoms. The molecule has 0 radical (unpaired) electrons. The predicted octanol–water partition coefficient (Wildman–Crippen LogP) is 8.92. The second-order valence-electron chi connectivity index (χ2n) is 10.6. The zero-order valence-electron chi connectivity index (χ0n) is 19.4. The smallest absolute Gasteiger partial charge is 0.316 e. The SMILES string of the molecule is C=C[C@H]1CC[C@H]([C@H]2[C@H](C3CCC(CCCCCCCCCC)CC3)OC2(F)F)CC1. The van der Waals surface area contributed by atoms with Crippen LogP contribution >= 0.6 is 0 Å². The van der Waals surface area contributed by atoms with E-state index in [0.29, 0.717) is 11.8 Å². The lowest BCUT2D eigenvalue weighted by atomic mass is 9.66. The largest absolute Gasteiger partial charge is 0.361 e. The summed E-state index contributed by atoms with van der Waals surface area (Å²) >= 11 is 0. The minimum atomic E-state index is -2.88. The molecule has 2 atom stereocenters. The quantitative estimate of drug-likeness (QED) is 0.224. The molecule has 174 valence electrons. The van der Waals surface area contributed by atoms with Crippen LogP contribution < -0.4 is 0 Å². The molecule has 1 aliphatic heterocycles. The summed E-state index contributed by atoms with van der Waals surface area (Å²) < 4.78 is 33.9. The molecule has 0 aromatic carbocycles. The first kappa shape index (κ1) is 24.2. The van der Waals surface area contributed by atoms with E-state index in [1.807, 2.05) is 6.08 Å². The molecule has 0 aromatic rings. The van der Waals surface area contributed by atoms with Crippen molar-refractivity contribution in [1.82, 2.24) is 0 Å². The average Bonchev–Trinajstić information content (AvgIpc) is 2.75. The van der Waals surface area contributed by atoms with Crippen molar-refractivity contribution >= 4 is 0 Å². The maximum atomic E-state index is 14.3. The van der Waals surface area contributed by atoms with Gasteiger partial charge in [0.15, 0.2) is 0 Å². The Morgan fingerprint density at radius 3 is 1.93 bits per heavy atom. The van der Waals surface area contributed by atoms with E-state index in [1.54, 1.807) is 0 Å². The Morgan fingerprint density at radius 2 is 1.37 bits per heavy atom. The molecular weight excluding hydrogens is 378 g/mol. The monoisotopic (exact) mass is 424 g/mol. The molecule has 0 N–H and O–H groups in total. The second-order valence-corrected chi connectivity index (χ2v) is 10.6. The highest BCUT2D eigenvalue weighted by atomic mass is 19.3. The summed E-state index contributed by atoms with van der Waals surface area (Å²) in [5.74, 6) is 1.33. The summed E-state index contributed by atoms with van der Waals surface area (Å²) in [6.07, 6.45) is 19.9. The maximum absolute atomic E-state index is 14.3. The summed E-state index contributed by atoms with van der Waals surface area (Å²) in [6, 6.07) is 0. The normalized spacial score (nSPS) is 36.2. The molecule has 3 heteroatoms. The van der Waals surface area contributed by atoms with Crippen molar-refractivity contribution in [3.8, 4) is 0 Å². The Bertz CT molecular complexity index is 489. The highest BCUT2D eigenvalue weighted by Crippen LogP contribution is 2.55. The van der Waals surface area contributed by atoms with Gasteiger partial charge < -0.3 is 4.74 Å². The van der Waals surface area contributed by atoms with Crippen LogP contribution in [0.1, 0.15) is 116 Å². The van der Waals surface area contributed by atoms with Crippen LogP contribution in [0.4, 0.5) is 8.78 Å². The molecule has 3 rings (SSSR count). The Balaban J connectivity index is 1.33. The topological polar surface area (TPSA) is 9.23 Å². The fraction of sp³-hybridized carbons (Fsp3) is 0.926. The van der Waals surface area contributed by atoms with Crippen molar-refractivity contribution in [1.29, 1.82) is 0 Å². The van der Waals surface area contributed by atoms with E-state index < -0.39 is 12.0 Å². The van der Waals surface area contributed by atoms with Crippen molar-refractivity contribution < 1.29 is 13.5 Å². The van der Waals surface area contributed by atoms with Crippen LogP contribution in [0.15, 0.2) is 12.7 Å². The van der Waals surface area contributed by atoms with Gasteiger partial charge >= 0.3 is 6.11 Å². The first-order valence-electron chi connectivity index (χ1n) is 13.2. The Kier molecular flexibility index (Phi) is 9.66. The van der Waals surface area contributed by atoms with Gasteiger partial charge in [-0.1, -0.05) is 83.6 Å². The molecule has 1 heterocycles. The third-order valence-corrected chi connectivity index (χ3v) is 8.51. The summed E-state index contributed by atoms with van der Waals surface area (Å²) in [5.41, 5.74) is 0. The standard InChI is InChI=1S/C27H46F2O/c1-3-5-6-7-8-9-10-11-12-22-15-19-24(20-16-22)26-25(27(28,29)30-26)23-17-13-21(4-2)14-18-23/h4,21-26H,2-3,5-20H2,1H3/t21-,22?,23-,24?,25-,26-/m0/s1. The van der Waals surface area contributed by atoms with Gasteiger partial charge in [0, 0.05) is 0 Å². The molecule has 0 bridgehead atoms. The number of rotatable bonds is 12. The van der Waals surface area contributed by atoms with Gasteiger partial charge in [0.25, 0.3) is 0 Å². The molecule has 0 amide bonds. The van der Waals surface area contributed by atoms with Gasteiger partial charge in [-0.3, -0.25) is 0 Å². The van der Waals surface area contributed by atoms with E-state index in [-0.39, 0.29) is 12.0 Å². The molecule has 0 unspecified atom stereocenters. The lowest BCUT2D eigenvalue weighted by molar-refractivity contribution is -0.418. The van der Waals surface area contributed by atoms with Crippen LogP contribution in [0, 0.1) is 29.6 Å². The lowest BCUT2D eigenvalue weighted by Gasteiger charge is -2.53. The first-order chi connectivity index (χ1) is 14.5.